The molecule has 130 valence electrons. The van der Waals surface area contributed by atoms with E-state index in [4.69, 9.17) is 5.73 Å². The van der Waals surface area contributed by atoms with Crippen molar-refractivity contribution >= 4 is 24.0 Å². The molecule has 1 aliphatic heterocycles. The predicted molar refractivity (Wildman–Crippen MR) is 99.2 cm³/mol. The first-order valence-electron chi connectivity index (χ1n) is 8.39. The van der Waals surface area contributed by atoms with Crippen molar-refractivity contribution in [3.8, 4) is 0 Å². The van der Waals surface area contributed by atoms with Crippen LogP contribution in [0, 0.1) is 0 Å². The fourth-order valence-corrected chi connectivity index (χ4v) is 3.04. The first kappa shape index (κ1) is 19.8. The summed E-state index contributed by atoms with van der Waals surface area (Å²) in [4.78, 5) is 14.7. The van der Waals surface area contributed by atoms with Gasteiger partial charge in [0.05, 0.1) is 11.6 Å². The number of hydrogen-bond donors (Lipinski definition) is 2. The summed E-state index contributed by atoms with van der Waals surface area (Å²) in [6.07, 6.45) is 4.12. The Morgan fingerprint density at radius 3 is 2.65 bits per heavy atom. The normalized spacial score (nSPS) is 18.0. The molecule has 23 heavy (non-hydrogen) atoms. The SMILES string of the molecule is CCCC(C)(N)C(=O)NC(C)c1cccc(N2CCCC2)c1.Cl. The summed E-state index contributed by atoms with van der Waals surface area (Å²) in [5.74, 6) is -0.0755. The molecule has 1 aromatic rings. The van der Waals surface area contributed by atoms with Gasteiger partial charge in [-0.1, -0.05) is 25.5 Å². The topological polar surface area (TPSA) is 58.4 Å². The van der Waals surface area contributed by atoms with Gasteiger partial charge in [-0.05, 0) is 50.8 Å². The average Bonchev–Trinajstić information content (AvgIpc) is 3.01. The van der Waals surface area contributed by atoms with E-state index < -0.39 is 5.54 Å². The molecule has 3 N–H and O–H groups in total. The van der Waals surface area contributed by atoms with Crippen LogP contribution in [0.5, 0.6) is 0 Å². The van der Waals surface area contributed by atoms with E-state index in [9.17, 15) is 4.79 Å². The lowest BCUT2D eigenvalue weighted by molar-refractivity contribution is -0.126. The van der Waals surface area contributed by atoms with Crippen molar-refractivity contribution in [3.63, 3.8) is 0 Å². The van der Waals surface area contributed by atoms with Gasteiger partial charge in [0.25, 0.3) is 0 Å². The van der Waals surface area contributed by atoms with Crippen molar-refractivity contribution in [2.24, 2.45) is 5.73 Å². The van der Waals surface area contributed by atoms with Gasteiger partial charge in [0, 0.05) is 18.8 Å². The summed E-state index contributed by atoms with van der Waals surface area (Å²) >= 11 is 0. The maximum absolute atomic E-state index is 12.3. The number of carbonyl (C=O) groups excluding carboxylic acids is 1. The van der Waals surface area contributed by atoms with Crippen molar-refractivity contribution < 1.29 is 4.79 Å². The molecule has 4 nitrogen and oxygen atoms in total. The lowest BCUT2D eigenvalue weighted by atomic mass is 9.95. The fraction of sp³-hybridized carbons (Fsp3) is 0.611. The van der Waals surface area contributed by atoms with E-state index in [2.05, 4.69) is 34.5 Å². The number of benzene rings is 1. The Morgan fingerprint density at radius 2 is 2.04 bits per heavy atom. The Kier molecular flexibility index (Phi) is 7.36. The quantitative estimate of drug-likeness (QED) is 0.835. The van der Waals surface area contributed by atoms with E-state index in [1.54, 1.807) is 6.92 Å². The summed E-state index contributed by atoms with van der Waals surface area (Å²) in [6, 6.07) is 8.43. The smallest absolute Gasteiger partial charge is 0.240 e. The third kappa shape index (κ3) is 5.11. The van der Waals surface area contributed by atoms with Crippen molar-refractivity contribution in [2.75, 3.05) is 18.0 Å². The molecule has 2 unspecified atom stereocenters. The monoisotopic (exact) mass is 339 g/mol. The largest absolute Gasteiger partial charge is 0.372 e. The van der Waals surface area contributed by atoms with E-state index in [1.165, 1.54) is 18.5 Å². The molecule has 1 fully saturated rings. The van der Waals surface area contributed by atoms with Crippen LogP contribution in [0.25, 0.3) is 0 Å². The molecule has 0 saturated carbocycles. The second-order valence-electron chi connectivity index (χ2n) is 6.65. The van der Waals surface area contributed by atoms with Crippen molar-refractivity contribution in [2.45, 2.75) is 58.0 Å². The van der Waals surface area contributed by atoms with Gasteiger partial charge in [0.1, 0.15) is 0 Å². The predicted octanol–water partition coefficient (Wildman–Crippen LogP) is 3.40. The molecule has 1 aromatic carbocycles. The zero-order valence-corrected chi connectivity index (χ0v) is 15.3. The summed E-state index contributed by atoms with van der Waals surface area (Å²) in [6.45, 7) is 8.12. The Labute approximate surface area is 146 Å². The first-order valence-corrected chi connectivity index (χ1v) is 8.39. The minimum Gasteiger partial charge on any atom is -0.372 e. The van der Waals surface area contributed by atoms with Gasteiger partial charge in [0.15, 0.2) is 0 Å². The zero-order valence-electron chi connectivity index (χ0n) is 14.5. The van der Waals surface area contributed by atoms with E-state index in [1.807, 2.05) is 13.8 Å². The number of anilines is 1. The van der Waals surface area contributed by atoms with Crippen LogP contribution in [0.15, 0.2) is 24.3 Å². The standard InChI is InChI=1S/C18H29N3O.ClH/c1-4-10-18(3,19)17(22)20-14(2)15-8-7-9-16(13-15)21-11-5-6-12-21;/h7-9,13-14H,4-6,10-12,19H2,1-3H3,(H,20,22);1H. The Balaban J connectivity index is 0.00000264. The van der Waals surface area contributed by atoms with Gasteiger partial charge < -0.3 is 16.0 Å². The first-order chi connectivity index (χ1) is 10.4. The van der Waals surface area contributed by atoms with E-state index in [-0.39, 0.29) is 24.4 Å². The van der Waals surface area contributed by atoms with E-state index in [0.29, 0.717) is 6.42 Å². The van der Waals surface area contributed by atoms with Crippen molar-refractivity contribution in [1.82, 2.24) is 5.32 Å². The minimum absolute atomic E-state index is 0. The van der Waals surface area contributed by atoms with E-state index in [0.717, 1.165) is 25.1 Å². The van der Waals surface area contributed by atoms with E-state index >= 15 is 0 Å². The highest BCUT2D eigenvalue weighted by atomic mass is 35.5. The number of nitrogens with one attached hydrogen (secondary N) is 1. The Hall–Kier alpha value is -1.26. The molecule has 1 aliphatic rings. The van der Waals surface area contributed by atoms with Crippen LogP contribution >= 0.6 is 12.4 Å². The number of nitrogens with zero attached hydrogens (tertiary/aromatic N) is 1. The van der Waals surface area contributed by atoms with Gasteiger partial charge in [-0.15, -0.1) is 12.4 Å². The molecule has 1 saturated heterocycles. The maximum atomic E-state index is 12.3. The van der Waals surface area contributed by atoms with Crippen LogP contribution in [-0.2, 0) is 4.79 Å². The molecule has 0 spiro atoms. The molecule has 0 bridgehead atoms. The van der Waals surface area contributed by atoms with Crippen LogP contribution in [0.1, 0.15) is 58.1 Å². The molecule has 0 aliphatic carbocycles. The fourth-order valence-electron chi connectivity index (χ4n) is 3.04. The summed E-state index contributed by atoms with van der Waals surface area (Å²) in [5.41, 5.74) is 7.69. The highest BCUT2D eigenvalue weighted by Crippen LogP contribution is 2.24. The minimum atomic E-state index is -0.796. The highest BCUT2D eigenvalue weighted by Gasteiger charge is 2.28. The molecule has 1 heterocycles. The number of hydrogen-bond acceptors (Lipinski definition) is 3. The maximum Gasteiger partial charge on any atom is 0.240 e. The van der Waals surface area contributed by atoms with Gasteiger partial charge in [-0.2, -0.15) is 0 Å². The summed E-state index contributed by atoms with van der Waals surface area (Å²) < 4.78 is 0. The molecule has 0 aromatic heterocycles. The third-order valence-corrected chi connectivity index (χ3v) is 4.48. The summed E-state index contributed by atoms with van der Waals surface area (Å²) in [7, 11) is 0. The van der Waals surface area contributed by atoms with Gasteiger partial charge >= 0.3 is 0 Å². The number of halogens is 1. The summed E-state index contributed by atoms with van der Waals surface area (Å²) in [5, 5.41) is 3.06. The second kappa shape index (κ2) is 8.55. The van der Waals surface area contributed by atoms with Crippen LogP contribution in [0.4, 0.5) is 5.69 Å². The molecule has 5 heteroatoms. The van der Waals surface area contributed by atoms with Gasteiger partial charge in [-0.25, -0.2) is 0 Å². The second-order valence-corrected chi connectivity index (χ2v) is 6.65. The average molecular weight is 340 g/mol. The van der Waals surface area contributed by atoms with Crippen LogP contribution < -0.4 is 16.0 Å². The lowest BCUT2D eigenvalue weighted by Gasteiger charge is -2.26. The van der Waals surface area contributed by atoms with Gasteiger partial charge in [-0.3, -0.25) is 4.79 Å². The van der Waals surface area contributed by atoms with Crippen LogP contribution in [0.3, 0.4) is 0 Å². The highest BCUT2D eigenvalue weighted by molar-refractivity contribution is 5.86. The molecular formula is C18H30ClN3O. The Bertz CT molecular complexity index is 513. The number of rotatable bonds is 6. The number of carbonyl (C=O) groups is 1. The third-order valence-electron chi connectivity index (χ3n) is 4.48. The molecule has 1 amide bonds. The number of amides is 1. The lowest BCUT2D eigenvalue weighted by Crippen LogP contribution is -2.52. The zero-order chi connectivity index (χ0) is 16.2. The van der Waals surface area contributed by atoms with Crippen molar-refractivity contribution in [3.05, 3.63) is 29.8 Å². The Morgan fingerprint density at radius 1 is 1.39 bits per heavy atom. The molecular weight excluding hydrogens is 310 g/mol. The molecule has 2 rings (SSSR count). The van der Waals surface area contributed by atoms with Crippen molar-refractivity contribution in [1.29, 1.82) is 0 Å². The number of nitrogens with two attached hydrogens (primary N) is 1. The van der Waals surface area contributed by atoms with Gasteiger partial charge in [0.2, 0.25) is 5.91 Å². The van der Waals surface area contributed by atoms with Crippen LogP contribution in [-0.4, -0.2) is 24.5 Å². The van der Waals surface area contributed by atoms with Crippen LogP contribution in [0.2, 0.25) is 0 Å². The molecule has 0 radical (unpaired) electrons. The molecule has 2 atom stereocenters.